The number of aromatic amines is 1. The highest BCUT2D eigenvalue weighted by atomic mass is 32.2. The van der Waals surface area contributed by atoms with E-state index in [-0.39, 0.29) is 17.2 Å². The molecule has 154 valence electrons. The lowest BCUT2D eigenvalue weighted by Crippen LogP contribution is -2.22. The van der Waals surface area contributed by atoms with Crippen molar-refractivity contribution in [2.24, 2.45) is 0 Å². The number of aromatic nitrogens is 2. The second-order valence-electron chi connectivity index (χ2n) is 6.88. The molecule has 0 saturated heterocycles. The Morgan fingerprint density at radius 1 is 1.24 bits per heavy atom. The number of hydrogen-bond acceptors (Lipinski definition) is 6. The van der Waals surface area contributed by atoms with Crippen LogP contribution < -0.4 is 10.9 Å². The van der Waals surface area contributed by atoms with E-state index in [1.807, 2.05) is 6.92 Å². The number of unbranched alkanes of at least 4 members (excludes halogenated alkanes) is 1. The molecule has 0 aliphatic heterocycles. The molecule has 2 N–H and O–H groups in total. The van der Waals surface area contributed by atoms with Crippen LogP contribution in [0.3, 0.4) is 0 Å². The number of esters is 1. The fourth-order valence-electron chi connectivity index (χ4n) is 3.13. The Morgan fingerprint density at radius 3 is 2.86 bits per heavy atom. The first kappa shape index (κ1) is 21.1. The summed E-state index contributed by atoms with van der Waals surface area (Å²) in [7, 11) is 0. The van der Waals surface area contributed by atoms with Gasteiger partial charge in [-0.3, -0.25) is 9.59 Å². The van der Waals surface area contributed by atoms with Crippen LogP contribution in [0.4, 0.5) is 5.69 Å². The molecule has 8 heteroatoms. The van der Waals surface area contributed by atoms with Gasteiger partial charge >= 0.3 is 5.97 Å². The van der Waals surface area contributed by atoms with Crippen molar-refractivity contribution in [1.82, 2.24) is 9.97 Å². The molecule has 1 aliphatic carbocycles. The summed E-state index contributed by atoms with van der Waals surface area (Å²) in [6, 6.07) is 6.76. The Balaban J connectivity index is 1.61. The molecular formula is C21H25N3O4S. The predicted molar refractivity (Wildman–Crippen MR) is 112 cm³/mol. The lowest BCUT2D eigenvalue weighted by atomic mass is 9.97. The van der Waals surface area contributed by atoms with Crippen molar-refractivity contribution >= 4 is 29.3 Å². The van der Waals surface area contributed by atoms with E-state index >= 15 is 0 Å². The third kappa shape index (κ3) is 5.69. The number of para-hydroxylation sites is 1. The average Bonchev–Trinajstić information content (AvgIpc) is 2.73. The highest BCUT2D eigenvalue weighted by Crippen LogP contribution is 2.20. The molecule has 7 nitrogen and oxygen atoms in total. The number of ether oxygens (including phenoxy) is 1. The van der Waals surface area contributed by atoms with Gasteiger partial charge in [0, 0.05) is 5.56 Å². The summed E-state index contributed by atoms with van der Waals surface area (Å²) >= 11 is 1.17. The van der Waals surface area contributed by atoms with Crippen molar-refractivity contribution in [3.63, 3.8) is 0 Å². The van der Waals surface area contributed by atoms with Crippen LogP contribution in [-0.4, -0.2) is 34.2 Å². The smallest absolute Gasteiger partial charge is 0.340 e. The molecule has 0 fully saturated rings. The zero-order chi connectivity index (χ0) is 20.6. The van der Waals surface area contributed by atoms with E-state index in [1.54, 1.807) is 24.3 Å². The molecule has 3 rings (SSSR count). The third-order valence-electron chi connectivity index (χ3n) is 4.66. The SMILES string of the molecule is CCCCOC(=O)c1ccccc1NC(=O)CSc1nc2c(c(=O)[nH]1)CCCC2. The molecule has 1 heterocycles. The molecule has 29 heavy (non-hydrogen) atoms. The van der Waals surface area contributed by atoms with Gasteiger partial charge in [-0.25, -0.2) is 9.78 Å². The van der Waals surface area contributed by atoms with E-state index in [0.29, 0.717) is 23.0 Å². The number of thioether (sulfide) groups is 1. The van der Waals surface area contributed by atoms with E-state index in [1.165, 1.54) is 11.8 Å². The second-order valence-corrected chi connectivity index (χ2v) is 7.84. The van der Waals surface area contributed by atoms with Crippen molar-refractivity contribution in [3.8, 4) is 0 Å². The van der Waals surface area contributed by atoms with Gasteiger partial charge in [0.15, 0.2) is 5.16 Å². The highest BCUT2D eigenvalue weighted by Gasteiger charge is 2.17. The summed E-state index contributed by atoms with van der Waals surface area (Å²) in [5, 5.41) is 3.19. The molecule has 1 aromatic carbocycles. The number of anilines is 1. The number of carbonyl (C=O) groups is 2. The first-order valence-electron chi connectivity index (χ1n) is 9.89. The Bertz CT molecular complexity index is 942. The Labute approximate surface area is 173 Å². The Hall–Kier alpha value is -2.61. The topological polar surface area (TPSA) is 101 Å². The van der Waals surface area contributed by atoms with Gasteiger partial charge in [0.1, 0.15) is 0 Å². The van der Waals surface area contributed by atoms with Crippen molar-refractivity contribution in [1.29, 1.82) is 0 Å². The Kier molecular flexibility index (Phi) is 7.46. The van der Waals surface area contributed by atoms with Crippen molar-refractivity contribution in [2.75, 3.05) is 17.7 Å². The number of hydrogen-bond donors (Lipinski definition) is 2. The molecule has 1 amide bonds. The van der Waals surface area contributed by atoms with Gasteiger partial charge in [0.25, 0.3) is 5.56 Å². The number of H-pyrrole nitrogens is 1. The maximum atomic E-state index is 12.4. The van der Waals surface area contributed by atoms with E-state index in [4.69, 9.17) is 4.74 Å². The van der Waals surface area contributed by atoms with E-state index in [2.05, 4.69) is 15.3 Å². The van der Waals surface area contributed by atoms with Gasteiger partial charge < -0.3 is 15.0 Å². The van der Waals surface area contributed by atoms with Crippen LogP contribution >= 0.6 is 11.8 Å². The summed E-state index contributed by atoms with van der Waals surface area (Å²) in [6.07, 6.45) is 5.32. The predicted octanol–water partition coefficient (Wildman–Crippen LogP) is 3.34. The number of rotatable bonds is 8. The number of nitrogens with zero attached hydrogens (tertiary/aromatic N) is 1. The third-order valence-corrected chi connectivity index (χ3v) is 5.54. The van der Waals surface area contributed by atoms with Crippen molar-refractivity contribution in [2.45, 2.75) is 50.6 Å². The molecule has 2 aromatic rings. The minimum absolute atomic E-state index is 0.0704. The number of benzene rings is 1. The first-order chi connectivity index (χ1) is 14.1. The van der Waals surface area contributed by atoms with E-state index < -0.39 is 5.97 Å². The summed E-state index contributed by atoms with van der Waals surface area (Å²) in [4.78, 5) is 44.1. The molecule has 1 aromatic heterocycles. The zero-order valence-electron chi connectivity index (χ0n) is 16.5. The van der Waals surface area contributed by atoms with Crippen LogP contribution in [-0.2, 0) is 22.4 Å². The van der Waals surface area contributed by atoms with Crippen molar-refractivity contribution in [3.05, 3.63) is 51.4 Å². The van der Waals surface area contributed by atoms with Crippen LogP contribution in [0.5, 0.6) is 0 Å². The van der Waals surface area contributed by atoms with Crippen LogP contribution in [0.2, 0.25) is 0 Å². The molecule has 0 spiro atoms. The Morgan fingerprint density at radius 2 is 2.03 bits per heavy atom. The zero-order valence-corrected chi connectivity index (χ0v) is 17.3. The lowest BCUT2D eigenvalue weighted by molar-refractivity contribution is -0.113. The minimum atomic E-state index is -0.456. The number of carbonyl (C=O) groups excluding carboxylic acids is 2. The normalized spacial score (nSPS) is 12.9. The standard InChI is InChI=1S/C21H25N3O4S/c1-2-3-12-28-20(27)15-9-5-7-11-17(15)22-18(25)13-29-21-23-16-10-6-4-8-14(16)19(26)24-21/h5,7,9,11H,2-4,6,8,10,12-13H2,1H3,(H,22,25)(H,23,24,26). The van der Waals surface area contributed by atoms with Gasteiger partial charge in [-0.2, -0.15) is 0 Å². The van der Waals surface area contributed by atoms with Crippen molar-refractivity contribution < 1.29 is 14.3 Å². The van der Waals surface area contributed by atoms with E-state index in [9.17, 15) is 14.4 Å². The second kappa shape index (κ2) is 10.2. The monoisotopic (exact) mass is 415 g/mol. The number of aryl methyl sites for hydroxylation is 1. The van der Waals surface area contributed by atoms with Gasteiger partial charge in [-0.1, -0.05) is 37.2 Å². The molecule has 0 radical (unpaired) electrons. The van der Waals surface area contributed by atoms with Crippen LogP contribution in [0, 0.1) is 0 Å². The summed E-state index contributed by atoms with van der Waals surface area (Å²) in [6.45, 7) is 2.37. The molecular weight excluding hydrogens is 390 g/mol. The van der Waals surface area contributed by atoms with Crippen LogP contribution in [0.15, 0.2) is 34.2 Å². The highest BCUT2D eigenvalue weighted by molar-refractivity contribution is 7.99. The van der Waals surface area contributed by atoms with Gasteiger partial charge in [-0.05, 0) is 44.2 Å². The quantitative estimate of drug-likeness (QED) is 0.297. The number of fused-ring (bicyclic) bond motifs is 1. The molecule has 1 aliphatic rings. The van der Waals surface area contributed by atoms with Gasteiger partial charge in [0.05, 0.1) is 29.3 Å². The first-order valence-corrected chi connectivity index (χ1v) is 10.9. The molecule has 0 unspecified atom stereocenters. The van der Waals surface area contributed by atoms with Gasteiger partial charge in [-0.15, -0.1) is 0 Å². The van der Waals surface area contributed by atoms with E-state index in [0.717, 1.165) is 49.8 Å². The van der Waals surface area contributed by atoms with Gasteiger partial charge in [0.2, 0.25) is 5.91 Å². The summed E-state index contributed by atoms with van der Waals surface area (Å²) < 4.78 is 5.24. The maximum absolute atomic E-state index is 12.4. The largest absolute Gasteiger partial charge is 0.462 e. The molecule has 0 saturated carbocycles. The number of amides is 1. The minimum Gasteiger partial charge on any atom is -0.462 e. The summed E-state index contributed by atoms with van der Waals surface area (Å²) in [5.41, 5.74) is 2.22. The maximum Gasteiger partial charge on any atom is 0.340 e. The fraction of sp³-hybridized carbons (Fsp3) is 0.429. The van der Waals surface area contributed by atoms with Crippen LogP contribution in [0.1, 0.15) is 54.2 Å². The molecule has 0 atom stereocenters. The number of nitrogens with one attached hydrogen (secondary N) is 2. The average molecular weight is 416 g/mol. The molecule has 0 bridgehead atoms. The fourth-order valence-corrected chi connectivity index (χ4v) is 3.81. The lowest BCUT2D eigenvalue weighted by Gasteiger charge is -2.14. The summed E-state index contributed by atoms with van der Waals surface area (Å²) in [5.74, 6) is -0.673. The van der Waals surface area contributed by atoms with Crippen LogP contribution in [0.25, 0.3) is 0 Å².